The molecular formula is C20H23N5O2S. The zero-order chi connectivity index (χ0) is 19.5. The standard InChI is InChI=1S/C20H23N5O2S/c1-14-13-25-18(19(22-14)24-7-9-28-10-8-24)11-17(23-25)20(26)21-12-15-3-5-16(27-2)6-4-15/h3-6,11,13H,7-10,12H2,1-2H3,(H,21,26). The van der Waals surface area contributed by atoms with Gasteiger partial charge in [0.1, 0.15) is 11.3 Å². The molecule has 2 aromatic heterocycles. The second-order valence-electron chi connectivity index (χ2n) is 6.70. The first-order valence-corrected chi connectivity index (χ1v) is 10.4. The first-order valence-electron chi connectivity index (χ1n) is 9.25. The first kappa shape index (κ1) is 18.6. The van der Waals surface area contributed by atoms with Crippen molar-refractivity contribution < 1.29 is 9.53 Å². The number of methoxy groups -OCH3 is 1. The van der Waals surface area contributed by atoms with E-state index in [1.54, 1.807) is 11.6 Å². The summed E-state index contributed by atoms with van der Waals surface area (Å²) in [6.07, 6.45) is 1.86. The number of aryl methyl sites for hydroxylation is 1. The number of ether oxygens (including phenoxy) is 1. The number of anilines is 1. The van der Waals surface area contributed by atoms with E-state index in [2.05, 4.69) is 15.3 Å². The minimum atomic E-state index is -0.197. The third-order valence-electron chi connectivity index (χ3n) is 4.71. The number of fused-ring (bicyclic) bond motifs is 1. The number of thioether (sulfide) groups is 1. The van der Waals surface area contributed by atoms with E-state index in [-0.39, 0.29) is 5.91 Å². The van der Waals surface area contributed by atoms with Gasteiger partial charge in [0.2, 0.25) is 0 Å². The average Bonchev–Trinajstić information content (AvgIpc) is 3.16. The fraction of sp³-hybridized carbons (Fsp3) is 0.350. The van der Waals surface area contributed by atoms with Gasteiger partial charge in [-0.15, -0.1) is 0 Å². The highest BCUT2D eigenvalue weighted by Crippen LogP contribution is 2.24. The Morgan fingerprint density at radius 3 is 2.71 bits per heavy atom. The van der Waals surface area contributed by atoms with Crippen molar-refractivity contribution in [2.24, 2.45) is 0 Å². The van der Waals surface area contributed by atoms with E-state index < -0.39 is 0 Å². The maximum absolute atomic E-state index is 12.6. The largest absolute Gasteiger partial charge is 0.497 e. The fourth-order valence-electron chi connectivity index (χ4n) is 3.23. The van der Waals surface area contributed by atoms with Gasteiger partial charge in [0, 0.05) is 37.2 Å². The van der Waals surface area contributed by atoms with Crippen molar-refractivity contribution in [3.8, 4) is 5.75 Å². The molecule has 7 nitrogen and oxygen atoms in total. The zero-order valence-electron chi connectivity index (χ0n) is 16.0. The molecule has 1 amide bonds. The Labute approximate surface area is 168 Å². The van der Waals surface area contributed by atoms with Crippen LogP contribution in [0.5, 0.6) is 5.75 Å². The normalized spacial score (nSPS) is 14.3. The number of hydrogen-bond acceptors (Lipinski definition) is 6. The molecule has 0 aliphatic carbocycles. The summed E-state index contributed by atoms with van der Waals surface area (Å²) in [4.78, 5) is 19.6. The zero-order valence-corrected chi connectivity index (χ0v) is 16.8. The number of benzene rings is 1. The van der Waals surface area contributed by atoms with Crippen LogP contribution in [0.1, 0.15) is 21.7 Å². The van der Waals surface area contributed by atoms with Gasteiger partial charge in [-0.05, 0) is 24.6 Å². The van der Waals surface area contributed by atoms with Crippen molar-refractivity contribution in [2.45, 2.75) is 13.5 Å². The molecule has 8 heteroatoms. The number of nitrogens with one attached hydrogen (secondary N) is 1. The summed E-state index contributed by atoms with van der Waals surface area (Å²) in [7, 11) is 1.63. The van der Waals surface area contributed by atoms with Crippen molar-refractivity contribution >= 4 is 29.0 Å². The van der Waals surface area contributed by atoms with E-state index >= 15 is 0 Å². The predicted octanol–water partition coefficient (Wildman–Crippen LogP) is 2.53. The minimum Gasteiger partial charge on any atom is -0.497 e. The Morgan fingerprint density at radius 1 is 1.25 bits per heavy atom. The maximum Gasteiger partial charge on any atom is 0.272 e. The second-order valence-corrected chi connectivity index (χ2v) is 7.92. The van der Waals surface area contributed by atoms with E-state index in [4.69, 9.17) is 9.72 Å². The van der Waals surface area contributed by atoms with Crippen LogP contribution >= 0.6 is 11.8 Å². The lowest BCUT2D eigenvalue weighted by atomic mass is 10.2. The smallest absolute Gasteiger partial charge is 0.272 e. The molecule has 0 radical (unpaired) electrons. The molecule has 28 heavy (non-hydrogen) atoms. The lowest BCUT2D eigenvalue weighted by Gasteiger charge is -2.28. The lowest BCUT2D eigenvalue weighted by Crippen LogP contribution is -2.33. The van der Waals surface area contributed by atoms with Gasteiger partial charge < -0.3 is 15.0 Å². The molecule has 0 unspecified atom stereocenters. The lowest BCUT2D eigenvalue weighted by molar-refractivity contribution is 0.0945. The molecular weight excluding hydrogens is 374 g/mol. The van der Waals surface area contributed by atoms with Gasteiger partial charge >= 0.3 is 0 Å². The molecule has 1 aliphatic heterocycles. The topological polar surface area (TPSA) is 71.8 Å². The Bertz CT molecular complexity index is 980. The van der Waals surface area contributed by atoms with Gasteiger partial charge in [-0.1, -0.05) is 12.1 Å². The molecule has 1 N–H and O–H groups in total. The van der Waals surface area contributed by atoms with Gasteiger partial charge in [0.05, 0.1) is 19.0 Å². The number of amides is 1. The molecule has 1 aromatic carbocycles. The van der Waals surface area contributed by atoms with Crippen molar-refractivity contribution in [3.05, 3.63) is 53.5 Å². The van der Waals surface area contributed by atoms with Gasteiger partial charge in [-0.3, -0.25) is 4.79 Å². The third-order valence-corrected chi connectivity index (χ3v) is 5.65. The van der Waals surface area contributed by atoms with Crippen LogP contribution in [0.2, 0.25) is 0 Å². The molecule has 1 aliphatic rings. The molecule has 0 spiro atoms. The number of carbonyl (C=O) groups is 1. The molecule has 3 aromatic rings. The van der Waals surface area contributed by atoms with Gasteiger partial charge in [-0.25, -0.2) is 9.50 Å². The average molecular weight is 398 g/mol. The number of carbonyl (C=O) groups excluding carboxylic acids is 1. The summed E-state index contributed by atoms with van der Waals surface area (Å²) in [5.41, 5.74) is 3.15. The molecule has 0 atom stereocenters. The van der Waals surface area contributed by atoms with Crippen LogP contribution in [-0.4, -0.2) is 52.2 Å². The van der Waals surface area contributed by atoms with E-state index in [9.17, 15) is 4.79 Å². The number of rotatable bonds is 5. The third kappa shape index (κ3) is 3.91. The van der Waals surface area contributed by atoms with E-state index in [0.717, 1.165) is 52.9 Å². The molecule has 1 fully saturated rings. The summed E-state index contributed by atoms with van der Waals surface area (Å²) in [5, 5.41) is 7.42. The highest BCUT2D eigenvalue weighted by molar-refractivity contribution is 7.99. The van der Waals surface area contributed by atoms with Crippen LogP contribution in [0.4, 0.5) is 5.82 Å². The fourth-order valence-corrected chi connectivity index (χ4v) is 4.13. The van der Waals surface area contributed by atoms with Crippen molar-refractivity contribution in [1.82, 2.24) is 19.9 Å². The summed E-state index contributed by atoms with van der Waals surface area (Å²) >= 11 is 1.96. The quantitative estimate of drug-likeness (QED) is 0.713. The minimum absolute atomic E-state index is 0.197. The van der Waals surface area contributed by atoms with Crippen LogP contribution in [0.25, 0.3) is 5.52 Å². The summed E-state index contributed by atoms with van der Waals surface area (Å²) < 4.78 is 6.92. The van der Waals surface area contributed by atoms with E-state index in [0.29, 0.717) is 12.2 Å². The van der Waals surface area contributed by atoms with Gasteiger partial charge in [-0.2, -0.15) is 16.9 Å². The second kappa shape index (κ2) is 8.10. The molecule has 0 bridgehead atoms. The Balaban J connectivity index is 1.53. The number of hydrogen-bond donors (Lipinski definition) is 1. The van der Waals surface area contributed by atoms with Crippen molar-refractivity contribution in [2.75, 3.05) is 36.6 Å². The molecule has 3 heterocycles. The number of nitrogens with zero attached hydrogens (tertiary/aromatic N) is 4. The molecule has 1 saturated heterocycles. The predicted molar refractivity (Wildman–Crippen MR) is 111 cm³/mol. The summed E-state index contributed by atoms with van der Waals surface area (Å²) in [6, 6.07) is 9.45. The first-order chi connectivity index (χ1) is 13.6. The summed E-state index contributed by atoms with van der Waals surface area (Å²) in [5.74, 6) is 3.68. The van der Waals surface area contributed by atoms with Crippen molar-refractivity contribution in [3.63, 3.8) is 0 Å². The van der Waals surface area contributed by atoms with Crippen LogP contribution in [-0.2, 0) is 6.54 Å². The Kier molecular flexibility index (Phi) is 5.38. The van der Waals surface area contributed by atoms with Crippen LogP contribution < -0.4 is 15.0 Å². The highest BCUT2D eigenvalue weighted by atomic mass is 32.2. The summed E-state index contributed by atoms with van der Waals surface area (Å²) in [6.45, 7) is 4.30. The van der Waals surface area contributed by atoms with Crippen LogP contribution in [0, 0.1) is 6.92 Å². The molecule has 4 rings (SSSR count). The maximum atomic E-state index is 12.6. The molecule has 146 valence electrons. The highest BCUT2D eigenvalue weighted by Gasteiger charge is 2.19. The van der Waals surface area contributed by atoms with E-state index in [1.165, 1.54) is 0 Å². The van der Waals surface area contributed by atoms with E-state index in [1.807, 2.05) is 55.2 Å². The Morgan fingerprint density at radius 2 is 2.00 bits per heavy atom. The SMILES string of the molecule is COc1ccc(CNC(=O)c2cc3c(N4CCSCC4)nc(C)cn3n2)cc1. The molecule has 0 saturated carbocycles. The van der Waals surface area contributed by atoms with Crippen molar-refractivity contribution in [1.29, 1.82) is 0 Å². The number of aromatic nitrogens is 3. The van der Waals surface area contributed by atoms with Gasteiger partial charge in [0.25, 0.3) is 5.91 Å². The van der Waals surface area contributed by atoms with Crippen LogP contribution in [0.3, 0.4) is 0 Å². The van der Waals surface area contributed by atoms with Gasteiger partial charge in [0.15, 0.2) is 11.5 Å². The monoisotopic (exact) mass is 397 g/mol. The van der Waals surface area contributed by atoms with Crippen LogP contribution in [0.15, 0.2) is 36.5 Å². The Hall–Kier alpha value is -2.74.